The number of nitriles is 1. The van der Waals surface area contributed by atoms with Gasteiger partial charge in [-0.15, -0.1) is 5.10 Å². The highest BCUT2D eigenvalue weighted by Gasteiger charge is 2.03. The molecule has 0 amide bonds. The lowest BCUT2D eigenvalue weighted by atomic mass is 10.2. The van der Waals surface area contributed by atoms with Crippen LogP contribution in [0.1, 0.15) is 12.7 Å². The number of rotatable bonds is 3. The van der Waals surface area contributed by atoms with Crippen LogP contribution in [0.5, 0.6) is 0 Å². The molecule has 1 heterocycles. The van der Waals surface area contributed by atoms with E-state index in [4.69, 9.17) is 5.26 Å². The second kappa shape index (κ2) is 4.12. The number of thiol groups is 1. The molecule has 0 saturated heterocycles. The summed E-state index contributed by atoms with van der Waals surface area (Å²) in [6.45, 7) is 2.83. The van der Waals surface area contributed by atoms with Gasteiger partial charge in [0.1, 0.15) is 12.4 Å². The van der Waals surface area contributed by atoms with Crippen molar-refractivity contribution in [2.75, 3.05) is 5.75 Å². The van der Waals surface area contributed by atoms with Gasteiger partial charge in [0.25, 0.3) is 5.82 Å². The van der Waals surface area contributed by atoms with Gasteiger partial charge >= 0.3 is 0 Å². The molecule has 0 bridgehead atoms. The van der Waals surface area contributed by atoms with Gasteiger partial charge in [0.2, 0.25) is 0 Å². The van der Waals surface area contributed by atoms with E-state index < -0.39 is 0 Å². The number of nitrogens with zero attached hydrogens (tertiary/aromatic N) is 4. The predicted molar refractivity (Wildman–Crippen MR) is 47.8 cm³/mol. The molecule has 0 radical (unpaired) electrons. The Morgan fingerprint density at radius 2 is 2.58 bits per heavy atom. The van der Waals surface area contributed by atoms with E-state index in [0.29, 0.717) is 5.92 Å². The Morgan fingerprint density at radius 1 is 1.83 bits per heavy atom. The zero-order chi connectivity index (χ0) is 8.97. The van der Waals surface area contributed by atoms with Crippen molar-refractivity contribution in [2.24, 2.45) is 5.92 Å². The Balaban J connectivity index is 2.59. The van der Waals surface area contributed by atoms with Crippen LogP contribution in [0.4, 0.5) is 0 Å². The quantitative estimate of drug-likeness (QED) is 0.701. The number of aromatic nitrogens is 3. The van der Waals surface area contributed by atoms with Gasteiger partial charge < -0.3 is 0 Å². The SMILES string of the molecule is CC(CS)Cn1cnc(C#N)n1. The van der Waals surface area contributed by atoms with Crippen LogP contribution in [0.25, 0.3) is 0 Å². The third kappa shape index (κ3) is 2.24. The van der Waals surface area contributed by atoms with Crippen molar-refractivity contribution < 1.29 is 0 Å². The first-order chi connectivity index (χ1) is 5.76. The minimum atomic E-state index is 0.223. The molecule has 12 heavy (non-hydrogen) atoms. The highest BCUT2D eigenvalue weighted by molar-refractivity contribution is 7.80. The highest BCUT2D eigenvalue weighted by Crippen LogP contribution is 2.00. The highest BCUT2D eigenvalue weighted by atomic mass is 32.1. The fourth-order valence-corrected chi connectivity index (χ4v) is 0.926. The van der Waals surface area contributed by atoms with Gasteiger partial charge in [-0.3, -0.25) is 4.68 Å². The van der Waals surface area contributed by atoms with E-state index in [0.717, 1.165) is 12.3 Å². The molecule has 0 aromatic carbocycles. The molecule has 64 valence electrons. The molecule has 1 atom stereocenters. The van der Waals surface area contributed by atoms with E-state index in [1.54, 1.807) is 11.0 Å². The molecule has 0 aliphatic heterocycles. The van der Waals surface area contributed by atoms with E-state index >= 15 is 0 Å². The second-order valence-corrected chi connectivity index (χ2v) is 3.05. The van der Waals surface area contributed by atoms with Gasteiger partial charge in [0.05, 0.1) is 0 Å². The molecule has 4 nitrogen and oxygen atoms in total. The fourth-order valence-electron chi connectivity index (χ4n) is 0.811. The molecule has 0 aliphatic rings. The van der Waals surface area contributed by atoms with Crippen molar-refractivity contribution in [3.63, 3.8) is 0 Å². The fraction of sp³-hybridized carbons (Fsp3) is 0.571. The topological polar surface area (TPSA) is 54.5 Å². The molecular formula is C7H10N4S. The third-order valence-corrected chi connectivity index (χ3v) is 2.07. The smallest absolute Gasteiger partial charge is 0.251 e. The van der Waals surface area contributed by atoms with Crippen LogP contribution in [-0.4, -0.2) is 20.5 Å². The van der Waals surface area contributed by atoms with Crippen molar-refractivity contribution in [3.8, 4) is 6.07 Å². The molecule has 0 saturated carbocycles. The minimum Gasteiger partial charge on any atom is -0.251 e. The van der Waals surface area contributed by atoms with Gasteiger partial charge in [-0.1, -0.05) is 6.92 Å². The van der Waals surface area contributed by atoms with E-state index in [1.165, 1.54) is 0 Å². The zero-order valence-corrected chi connectivity index (χ0v) is 7.70. The molecule has 1 aromatic heterocycles. The lowest BCUT2D eigenvalue weighted by molar-refractivity contribution is 0.488. The van der Waals surface area contributed by atoms with Crippen molar-refractivity contribution in [3.05, 3.63) is 12.2 Å². The summed E-state index contributed by atoms with van der Waals surface area (Å²) in [5.74, 6) is 1.48. The molecule has 1 aromatic rings. The molecular weight excluding hydrogens is 172 g/mol. The number of hydrogen-bond acceptors (Lipinski definition) is 4. The van der Waals surface area contributed by atoms with Gasteiger partial charge in [0.15, 0.2) is 0 Å². The monoisotopic (exact) mass is 182 g/mol. The maximum absolute atomic E-state index is 8.44. The van der Waals surface area contributed by atoms with Crippen LogP contribution in [0.3, 0.4) is 0 Å². The number of hydrogen-bond donors (Lipinski definition) is 1. The van der Waals surface area contributed by atoms with Crippen molar-refractivity contribution in [1.82, 2.24) is 14.8 Å². The van der Waals surface area contributed by atoms with E-state index in [1.807, 2.05) is 6.07 Å². The van der Waals surface area contributed by atoms with Gasteiger partial charge in [-0.05, 0) is 11.7 Å². The van der Waals surface area contributed by atoms with Crippen LogP contribution in [0.15, 0.2) is 6.33 Å². The average Bonchev–Trinajstić information content (AvgIpc) is 2.52. The summed E-state index contributed by atoms with van der Waals surface area (Å²) >= 11 is 4.15. The normalized spacial score (nSPS) is 12.4. The average molecular weight is 182 g/mol. The standard InChI is InChI=1S/C7H10N4S/c1-6(4-12)3-11-5-9-7(2-8)10-11/h5-6,12H,3-4H2,1H3. The Labute approximate surface area is 76.6 Å². The maximum atomic E-state index is 8.44. The second-order valence-electron chi connectivity index (χ2n) is 2.69. The van der Waals surface area contributed by atoms with E-state index in [2.05, 4.69) is 29.6 Å². The van der Waals surface area contributed by atoms with Gasteiger partial charge in [-0.2, -0.15) is 17.9 Å². The maximum Gasteiger partial charge on any atom is 0.252 e. The summed E-state index contributed by atoms with van der Waals surface area (Å²) in [6, 6.07) is 1.88. The molecule has 0 N–H and O–H groups in total. The summed E-state index contributed by atoms with van der Waals surface area (Å²) in [5, 5.41) is 12.4. The van der Waals surface area contributed by atoms with Gasteiger partial charge in [0, 0.05) is 6.54 Å². The molecule has 0 spiro atoms. The van der Waals surface area contributed by atoms with Crippen LogP contribution in [0.2, 0.25) is 0 Å². The lowest BCUT2D eigenvalue weighted by Crippen LogP contribution is -2.09. The summed E-state index contributed by atoms with van der Waals surface area (Å²) < 4.78 is 1.67. The molecule has 5 heteroatoms. The Kier molecular flexibility index (Phi) is 3.11. The van der Waals surface area contributed by atoms with Gasteiger partial charge in [-0.25, -0.2) is 4.98 Å². The molecule has 0 fully saturated rings. The van der Waals surface area contributed by atoms with Crippen LogP contribution in [0, 0.1) is 17.2 Å². The predicted octanol–water partition coefficient (Wildman–Crippen LogP) is 0.716. The Morgan fingerprint density at radius 3 is 3.08 bits per heavy atom. The zero-order valence-electron chi connectivity index (χ0n) is 6.80. The molecule has 1 rings (SSSR count). The molecule has 0 aliphatic carbocycles. The Bertz CT molecular complexity index is 288. The first-order valence-corrected chi connectivity index (χ1v) is 4.30. The first-order valence-electron chi connectivity index (χ1n) is 3.66. The summed E-state index contributed by atoms with van der Waals surface area (Å²) in [6.07, 6.45) is 1.57. The molecule has 1 unspecified atom stereocenters. The van der Waals surface area contributed by atoms with Crippen molar-refractivity contribution >= 4 is 12.6 Å². The van der Waals surface area contributed by atoms with Crippen LogP contribution >= 0.6 is 12.6 Å². The summed E-state index contributed by atoms with van der Waals surface area (Å²) in [5.41, 5.74) is 0. The summed E-state index contributed by atoms with van der Waals surface area (Å²) in [7, 11) is 0. The third-order valence-electron chi connectivity index (χ3n) is 1.45. The van der Waals surface area contributed by atoms with E-state index in [9.17, 15) is 0 Å². The van der Waals surface area contributed by atoms with E-state index in [-0.39, 0.29) is 5.82 Å². The van der Waals surface area contributed by atoms with Crippen molar-refractivity contribution in [2.45, 2.75) is 13.5 Å². The summed E-state index contributed by atoms with van der Waals surface area (Å²) in [4.78, 5) is 3.79. The van der Waals surface area contributed by atoms with Crippen LogP contribution < -0.4 is 0 Å². The lowest BCUT2D eigenvalue weighted by Gasteiger charge is -2.05. The first kappa shape index (κ1) is 9.07. The van der Waals surface area contributed by atoms with Crippen molar-refractivity contribution in [1.29, 1.82) is 5.26 Å². The largest absolute Gasteiger partial charge is 0.252 e. The minimum absolute atomic E-state index is 0.223. The van der Waals surface area contributed by atoms with Crippen LogP contribution in [-0.2, 0) is 6.54 Å². The Hall–Kier alpha value is -1.02.